The molecule has 0 aromatic rings. The molecule has 0 bridgehead atoms. The average molecular weight is 317 g/mol. The highest BCUT2D eigenvalue weighted by Gasteiger charge is 2.36. The van der Waals surface area contributed by atoms with Crippen LogP contribution in [0.25, 0.3) is 0 Å². The van der Waals surface area contributed by atoms with E-state index >= 15 is 0 Å². The van der Waals surface area contributed by atoms with Gasteiger partial charge in [0.2, 0.25) is 0 Å². The fourth-order valence-corrected chi connectivity index (χ4v) is 4.23. The zero-order valence-electron chi connectivity index (χ0n) is 13.9. The molecule has 0 radical (unpaired) electrons. The maximum atomic E-state index is 12.3. The van der Waals surface area contributed by atoms with Gasteiger partial charge < -0.3 is 14.8 Å². The van der Waals surface area contributed by atoms with Gasteiger partial charge in [-0.1, -0.05) is 13.8 Å². The van der Waals surface area contributed by atoms with E-state index in [1.54, 1.807) is 0 Å². The average Bonchev–Trinajstić information content (AvgIpc) is 2.46. The van der Waals surface area contributed by atoms with Crippen molar-refractivity contribution in [1.82, 2.24) is 5.32 Å². The van der Waals surface area contributed by atoms with E-state index in [0.717, 1.165) is 45.4 Å². The van der Waals surface area contributed by atoms with Crippen LogP contribution in [0.1, 0.15) is 53.4 Å². The number of ether oxygens (including phenoxy) is 2. The summed E-state index contributed by atoms with van der Waals surface area (Å²) in [7, 11) is 0. The second-order valence-electron chi connectivity index (χ2n) is 5.94. The first-order valence-corrected chi connectivity index (χ1v) is 9.11. The Balaban J connectivity index is 2.54. The molecule has 0 amide bonds. The third-order valence-electron chi connectivity index (χ3n) is 3.78. The van der Waals surface area contributed by atoms with E-state index in [9.17, 15) is 4.79 Å². The summed E-state index contributed by atoms with van der Waals surface area (Å²) >= 11 is 1.99. The Hall–Kier alpha value is -0.260. The van der Waals surface area contributed by atoms with Crippen molar-refractivity contribution in [3.63, 3.8) is 0 Å². The third-order valence-corrected chi connectivity index (χ3v) is 5.27. The molecule has 1 heterocycles. The van der Waals surface area contributed by atoms with Gasteiger partial charge in [0.1, 0.15) is 5.54 Å². The lowest BCUT2D eigenvalue weighted by Crippen LogP contribution is -2.52. The molecule has 5 heteroatoms. The van der Waals surface area contributed by atoms with Crippen LogP contribution < -0.4 is 5.32 Å². The fraction of sp³-hybridized carbons (Fsp3) is 0.938. The Labute approximate surface area is 133 Å². The molecule has 1 rings (SSSR count). The minimum atomic E-state index is -0.580. The second-order valence-corrected chi connectivity index (χ2v) is 7.69. The Kier molecular flexibility index (Phi) is 8.67. The summed E-state index contributed by atoms with van der Waals surface area (Å²) < 4.78 is 10.7. The minimum absolute atomic E-state index is 0.127. The lowest BCUT2D eigenvalue weighted by molar-refractivity contribution is -0.150. The number of esters is 1. The molecule has 2 atom stereocenters. The van der Waals surface area contributed by atoms with Crippen molar-refractivity contribution < 1.29 is 14.3 Å². The Morgan fingerprint density at radius 1 is 1.43 bits per heavy atom. The van der Waals surface area contributed by atoms with Crippen LogP contribution in [0.4, 0.5) is 0 Å². The van der Waals surface area contributed by atoms with Crippen molar-refractivity contribution >= 4 is 17.7 Å². The highest BCUT2D eigenvalue weighted by atomic mass is 32.2. The van der Waals surface area contributed by atoms with Crippen molar-refractivity contribution in [3.05, 3.63) is 0 Å². The van der Waals surface area contributed by atoms with Crippen LogP contribution >= 0.6 is 11.8 Å². The standard InChI is InChI=1S/C16H31NO3S/c1-5-9-17-16(4,15(18)20-6-2)12-13(3)21-14-7-10-19-11-8-14/h13-14,17H,5-12H2,1-4H3. The predicted molar refractivity (Wildman–Crippen MR) is 88.8 cm³/mol. The highest BCUT2D eigenvalue weighted by Crippen LogP contribution is 2.31. The number of hydrogen-bond acceptors (Lipinski definition) is 5. The number of thioether (sulfide) groups is 1. The number of nitrogens with one attached hydrogen (secondary N) is 1. The summed E-state index contributed by atoms with van der Waals surface area (Å²) in [4.78, 5) is 12.3. The Morgan fingerprint density at radius 3 is 2.67 bits per heavy atom. The third kappa shape index (κ3) is 6.57. The summed E-state index contributed by atoms with van der Waals surface area (Å²) in [5.41, 5.74) is -0.580. The van der Waals surface area contributed by atoms with Crippen molar-refractivity contribution in [1.29, 1.82) is 0 Å². The van der Waals surface area contributed by atoms with Gasteiger partial charge in [0, 0.05) is 23.7 Å². The van der Waals surface area contributed by atoms with Gasteiger partial charge in [0.05, 0.1) is 6.61 Å². The molecule has 0 saturated carbocycles. The van der Waals surface area contributed by atoms with Gasteiger partial charge in [-0.25, -0.2) is 0 Å². The Bertz CT molecular complexity index is 308. The number of carbonyl (C=O) groups is 1. The summed E-state index contributed by atoms with van der Waals surface area (Å²) in [5.74, 6) is -0.127. The zero-order valence-corrected chi connectivity index (χ0v) is 14.8. The SMILES string of the molecule is CCCNC(C)(CC(C)SC1CCOCC1)C(=O)OCC. The molecule has 124 valence electrons. The molecule has 0 spiro atoms. The number of hydrogen-bond donors (Lipinski definition) is 1. The molecule has 1 aliphatic heterocycles. The normalized spacial score (nSPS) is 20.8. The van der Waals surface area contributed by atoms with E-state index in [0.29, 0.717) is 17.1 Å². The van der Waals surface area contributed by atoms with Crippen molar-refractivity contribution in [3.8, 4) is 0 Å². The summed E-state index contributed by atoms with van der Waals surface area (Å²) in [6.07, 6.45) is 4.05. The first-order chi connectivity index (χ1) is 10.0. The van der Waals surface area contributed by atoms with Crippen LogP contribution in [0.15, 0.2) is 0 Å². The maximum Gasteiger partial charge on any atom is 0.326 e. The van der Waals surface area contributed by atoms with Gasteiger partial charge in [-0.2, -0.15) is 11.8 Å². The fourth-order valence-electron chi connectivity index (χ4n) is 2.68. The van der Waals surface area contributed by atoms with Crippen LogP contribution in [0, 0.1) is 0 Å². The van der Waals surface area contributed by atoms with Crippen LogP contribution in [-0.2, 0) is 14.3 Å². The molecule has 1 aliphatic rings. The smallest absolute Gasteiger partial charge is 0.326 e. The van der Waals surface area contributed by atoms with Gasteiger partial charge in [-0.05, 0) is 46.1 Å². The van der Waals surface area contributed by atoms with E-state index in [-0.39, 0.29) is 5.97 Å². The van der Waals surface area contributed by atoms with Crippen LogP contribution in [0.2, 0.25) is 0 Å². The van der Waals surface area contributed by atoms with Crippen molar-refractivity contribution in [2.75, 3.05) is 26.4 Å². The molecule has 0 aromatic heterocycles. The van der Waals surface area contributed by atoms with E-state index in [1.165, 1.54) is 0 Å². The Morgan fingerprint density at radius 2 is 2.10 bits per heavy atom. The van der Waals surface area contributed by atoms with Crippen LogP contribution in [0.5, 0.6) is 0 Å². The van der Waals surface area contributed by atoms with E-state index in [4.69, 9.17) is 9.47 Å². The van der Waals surface area contributed by atoms with E-state index in [2.05, 4.69) is 19.2 Å². The van der Waals surface area contributed by atoms with Gasteiger partial charge in [0.15, 0.2) is 0 Å². The number of carbonyl (C=O) groups excluding carboxylic acids is 1. The van der Waals surface area contributed by atoms with E-state index in [1.807, 2.05) is 25.6 Å². The molecule has 1 saturated heterocycles. The molecule has 1 N–H and O–H groups in total. The molecule has 4 nitrogen and oxygen atoms in total. The number of rotatable bonds is 9. The maximum absolute atomic E-state index is 12.3. The first-order valence-electron chi connectivity index (χ1n) is 8.17. The van der Waals surface area contributed by atoms with Gasteiger partial charge in [0.25, 0.3) is 0 Å². The lowest BCUT2D eigenvalue weighted by Gasteiger charge is -2.32. The monoisotopic (exact) mass is 317 g/mol. The molecule has 0 aromatic carbocycles. The molecule has 2 unspecified atom stereocenters. The second kappa shape index (κ2) is 9.70. The van der Waals surface area contributed by atoms with Gasteiger partial charge in [-0.15, -0.1) is 0 Å². The topological polar surface area (TPSA) is 47.6 Å². The summed E-state index contributed by atoms with van der Waals surface area (Å²) in [6.45, 7) is 11.2. The largest absolute Gasteiger partial charge is 0.465 e. The van der Waals surface area contributed by atoms with E-state index < -0.39 is 5.54 Å². The molecule has 0 aliphatic carbocycles. The summed E-state index contributed by atoms with van der Waals surface area (Å²) in [6, 6.07) is 0. The molecule has 21 heavy (non-hydrogen) atoms. The van der Waals surface area contributed by atoms with Gasteiger partial charge in [-0.3, -0.25) is 4.79 Å². The van der Waals surface area contributed by atoms with Crippen LogP contribution in [-0.4, -0.2) is 48.4 Å². The van der Waals surface area contributed by atoms with Crippen molar-refractivity contribution in [2.24, 2.45) is 0 Å². The summed E-state index contributed by atoms with van der Waals surface area (Å²) in [5, 5.41) is 4.47. The minimum Gasteiger partial charge on any atom is -0.465 e. The molecular weight excluding hydrogens is 286 g/mol. The lowest BCUT2D eigenvalue weighted by atomic mass is 9.95. The van der Waals surface area contributed by atoms with Gasteiger partial charge >= 0.3 is 5.97 Å². The first kappa shape index (κ1) is 18.8. The van der Waals surface area contributed by atoms with Crippen LogP contribution in [0.3, 0.4) is 0 Å². The predicted octanol–water partition coefficient (Wildman–Crippen LogP) is 3.00. The highest BCUT2D eigenvalue weighted by molar-refractivity contribution is 8.00. The quantitative estimate of drug-likeness (QED) is 0.662. The molecule has 1 fully saturated rings. The van der Waals surface area contributed by atoms with Crippen molar-refractivity contribution in [2.45, 2.75) is 69.4 Å². The zero-order chi connectivity index (χ0) is 15.7. The molecular formula is C16H31NO3S.